The van der Waals surface area contributed by atoms with Crippen LogP contribution in [0.3, 0.4) is 0 Å². The average molecular weight is 567 g/mol. The van der Waals surface area contributed by atoms with Crippen LogP contribution in [0.1, 0.15) is 62.0 Å². The fourth-order valence-corrected chi connectivity index (χ4v) is 5.19. The predicted molar refractivity (Wildman–Crippen MR) is 159 cm³/mol. The van der Waals surface area contributed by atoms with Gasteiger partial charge in [-0.2, -0.15) is 5.26 Å². The first kappa shape index (κ1) is 25.5. The highest BCUT2D eigenvalue weighted by Crippen LogP contribution is 2.37. The Morgan fingerprint density at radius 2 is 1.93 bits per heavy atom. The third-order valence-electron chi connectivity index (χ3n) is 7.30. The third kappa shape index (κ3) is 5.86. The van der Waals surface area contributed by atoms with Crippen LogP contribution in [0.4, 0.5) is 15.8 Å². The van der Waals surface area contributed by atoms with Crippen LogP contribution in [0.15, 0.2) is 79.1 Å². The first-order valence-electron chi connectivity index (χ1n) is 14.2. The molecule has 2 N–H and O–H groups in total. The summed E-state index contributed by atoms with van der Waals surface area (Å²) in [5.74, 6) is -0.400. The molecule has 0 saturated heterocycles. The van der Waals surface area contributed by atoms with Crippen LogP contribution >= 0.6 is 11.6 Å². The standard InChI is InChI=1S/C32H29ClFN7/c1-2-24(14-20-6-4-3-5-7-20)37-30-22(17-35)18-36-32-27(30)15-25(16-28(32)33)38-31(21-8-10-23(34)11-9-21)29-19-41(40-39-29)26-12-13-26/h3-11,15-16,18-19,24,26,31,38H,2,12-14H2,1H3,(H,36,37)/i31D. The maximum Gasteiger partial charge on any atom is 0.123 e. The molecule has 1 fully saturated rings. The molecule has 2 atom stereocenters. The maximum atomic E-state index is 13.9. The molecule has 5 aromatic rings. The van der Waals surface area contributed by atoms with E-state index in [1.165, 1.54) is 23.9 Å². The molecule has 6 rings (SSSR count). The van der Waals surface area contributed by atoms with Crippen molar-refractivity contribution in [2.75, 3.05) is 10.6 Å². The summed E-state index contributed by atoms with van der Waals surface area (Å²) in [4.78, 5) is 4.49. The molecule has 0 amide bonds. The number of benzene rings is 3. The molecule has 41 heavy (non-hydrogen) atoms. The van der Waals surface area contributed by atoms with Crippen LogP contribution in [-0.4, -0.2) is 26.0 Å². The number of pyridine rings is 1. The molecule has 0 radical (unpaired) electrons. The first-order valence-corrected chi connectivity index (χ1v) is 14.0. The molecule has 7 nitrogen and oxygen atoms in total. The number of anilines is 2. The highest BCUT2D eigenvalue weighted by molar-refractivity contribution is 6.35. The summed E-state index contributed by atoms with van der Waals surface area (Å²) < 4.78 is 25.2. The SMILES string of the molecule is [2H]C(Nc1cc(Cl)c2ncc(C#N)c(NC(CC)Cc3ccccc3)c2c1)(c1ccc(F)cc1)c1cn(C2CC2)nn1. The Morgan fingerprint density at radius 1 is 1.15 bits per heavy atom. The van der Waals surface area contributed by atoms with Crippen LogP contribution in [0.2, 0.25) is 5.02 Å². The van der Waals surface area contributed by atoms with Gasteiger partial charge in [0, 0.05) is 23.3 Å². The van der Waals surface area contributed by atoms with Crippen LogP contribution in [0.5, 0.6) is 0 Å². The summed E-state index contributed by atoms with van der Waals surface area (Å²) in [7, 11) is 0. The second-order valence-corrected chi connectivity index (χ2v) is 10.7. The highest BCUT2D eigenvalue weighted by Gasteiger charge is 2.27. The van der Waals surface area contributed by atoms with Crippen molar-refractivity contribution in [3.8, 4) is 6.07 Å². The topological polar surface area (TPSA) is 91.5 Å². The van der Waals surface area contributed by atoms with Gasteiger partial charge in [0.25, 0.3) is 0 Å². The van der Waals surface area contributed by atoms with Gasteiger partial charge in [-0.25, -0.2) is 9.07 Å². The average Bonchev–Trinajstić information content (AvgIpc) is 3.73. The summed E-state index contributed by atoms with van der Waals surface area (Å²) in [5.41, 5.74) is 4.12. The number of hydrogen-bond donors (Lipinski definition) is 2. The Hall–Kier alpha value is -4.48. The lowest BCUT2D eigenvalue weighted by Crippen LogP contribution is -2.22. The second kappa shape index (κ2) is 11.6. The van der Waals surface area contributed by atoms with Crippen LogP contribution < -0.4 is 10.6 Å². The third-order valence-corrected chi connectivity index (χ3v) is 7.59. The number of nitrogens with zero attached hydrogens (tertiary/aromatic N) is 5. The minimum absolute atomic E-state index is 0.0486. The van der Waals surface area contributed by atoms with Crippen LogP contribution in [0, 0.1) is 17.1 Å². The molecule has 9 heteroatoms. The first-order chi connectivity index (χ1) is 20.4. The molecule has 2 aromatic heterocycles. The largest absolute Gasteiger partial charge is 0.380 e. The normalized spacial score (nSPS) is 15.5. The quantitative estimate of drug-likeness (QED) is 0.182. The van der Waals surface area contributed by atoms with Crippen molar-refractivity contribution in [3.05, 3.63) is 112 Å². The van der Waals surface area contributed by atoms with Gasteiger partial charge in [0.05, 0.1) is 41.4 Å². The van der Waals surface area contributed by atoms with Gasteiger partial charge in [0.1, 0.15) is 17.6 Å². The van der Waals surface area contributed by atoms with Crippen LogP contribution in [-0.2, 0) is 6.42 Å². The smallest absolute Gasteiger partial charge is 0.123 e. The van der Waals surface area contributed by atoms with E-state index in [0.29, 0.717) is 44.1 Å². The summed E-state index contributed by atoms with van der Waals surface area (Å²) in [6.45, 7) is 2.10. The Morgan fingerprint density at radius 3 is 2.63 bits per heavy atom. The number of halogens is 2. The predicted octanol–water partition coefficient (Wildman–Crippen LogP) is 7.46. The number of nitriles is 1. The Bertz CT molecular complexity index is 1770. The van der Waals surface area contributed by atoms with E-state index in [4.69, 9.17) is 11.6 Å². The fraction of sp³-hybridized carbons (Fsp3) is 0.250. The summed E-state index contributed by atoms with van der Waals surface area (Å²) >= 11 is 6.77. The number of aromatic nitrogens is 4. The molecule has 0 bridgehead atoms. The van der Waals surface area contributed by atoms with Gasteiger partial charge in [0.2, 0.25) is 0 Å². The van der Waals surface area contributed by atoms with Gasteiger partial charge >= 0.3 is 0 Å². The van der Waals surface area contributed by atoms with Gasteiger partial charge in [0.15, 0.2) is 0 Å². The lowest BCUT2D eigenvalue weighted by molar-refractivity contribution is 0.610. The Kier molecular flexibility index (Phi) is 7.18. The van der Waals surface area contributed by atoms with Gasteiger partial charge in [-0.15, -0.1) is 5.10 Å². The monoisotopic (exact) mass is 566 g/mol. The van der Waals surface area contributed by atoms with E-state index in [1.807, 2.05) is 24.3 Å². The van der Waals surface area contributed by atoms with E-state index in [2.05, 4.69) is 51.1 Å². The summed E-state index contributed by atoms with van der Waals surface area (Å²) in [6, 6.07) is 20.5. The molecule has 206 valence electrons. The van der Waals surface area contributed by atoms with Crippen molar-refractivity contribution in [1.29, 1.82) is 5.26 Å². The van der Waals surface area contributed by atoms with Crippen LogP contribution in [0.25, 0.3) is 10.9 Å². The fourth-order valence-electron chi connectivity index (χ4n) is 4.93. The molecule has 2 heterocycles. The van der Waals surface area contributed by atoms with E-state index in [9.17, 15) is 11.0 Å². The van der Waals surface area contributed by atoms with E-state index in [0.717, 1.165) is 25.7 Å². The van der Waals surface area contributed by atoms with Gasteiger partial charge in [-0.1, -0.05) is 66.2 Å². The van der Waals surface area contributed by atoms with E-state index >= 15 is 0 Å². The van der Waals surface area contributed by atoms with Crippen molar-refractivity contribution >= 4 is 33.9 Å². The van der Waals surface area contributed by atoms with E-state index < -0.39 is 11.8 Å². The lowest BCUT2D eigenvalue weighted by atomic mass is 10.0. The molecule has 3 aromatic carbocycles. The molecular formula is C32H29ClFN7. The molecule has 0 aliphatic heterocycles. The van der Waals surface area contributed by atoms with Gasteiger partial charge in [-0.05, 0) is 61.1 Å². The van der Waals surface area contributed by atoms with Crippen molar-refractivity contribution in [2.45, 2.75) is 50.7 Å². The zero-order valence-corrected chi connectivity index (χ0v) is 23.2. The van der Waals surface area contributed by atoms with Crippen molar-refractivity contribution in [2.24, 2.45) is 0 Å². The molecule has 1 aliphatic rings. The number of rotatable bonds is 10. The van der Waals surface area contributed by atoms with Crippen molar-refractivity contribution in [3.63, 3.8) is 0 Å². The lowest BCUT2D eigenvalue weighted by Gasteiger charge is -2.22. The maximum absolute atomic E-state index is 13.9. The minimum atomic E-state index is -1.61. The molecular weight excluding hydrogens is 537 g/mol. The van der Waals surface area contributed by atoms with Crippen molar-refractivity contribution < 1.29 is 5.76 Å². The highest BCUT2D eigenvalue weighted by atomic mass is 35.5. The zero-order chi connectivity index (χ0) is 29.3. The minimum Gasteiger partial charge on any atom is -0.380 e. The molecule has 1 aliphatic carbocycles. The van der Waals surface area contributed by atoms with Gasteiger partial charge in [-0.3, -0.25) is 4.98 Å². The Labute approximate surface area is 244 Å². The molecule has 1 saturated carbocycles. The summed E-state index contributed by atoms with van der Waals surface area (Å²) in [6.07, 6.45) is 6.93. The molecule has 2 unspecified atom stereocenters. The number of nitrogens with one attached hydrogen (secondary N) is 2. The molecule has 0 spiro atoms. The Balaban J connectivity index is 1.42. The summed E-state index contributed by atoms with van der Waals surface area (Å²) in [5, 5.41) is 26.5. The second-order valence-electron chi connectivity index (χ2n) is 10.3. The van der Waals surface area contributed by atoms with E-state index in [1.54, 1.807) is 29.1 Å². The zero-order valence-electron chi connectivity index (χ0n) is 23.5. The number of hydrogen-bond acceptors (Lipinski definition) is 6. The van der Waals surface area contributed by atoms with Crippen molar-refractivity contribution in [1.82, 2.24) is 20.0 Å². The van der Waals surface area contributed by atoms with E-state index in [-0.39, 0.29) is 12.1 Å². The van der Waals surface area contributed by atoms with Gasteiger partial charge < -0.3 is 10.6 Å². The number of fused-ring (bicyclic) bond motifs is 1.